The predicted octanol–water partition coefficient (Wildman–Crippen LogP) is 0.801. The zero-order valence-electron chi connectivity index (χ0n) is 12.7. The molecule has 1 aromatic carbocycles. The number of rotatable bonds is 5. The second-order valence-corrected chi connectivity index (χ2v) is 6.08. The lowest BCUT2D eigenvalue weighted by atomic mass is 10.1. The van der Waals surface area contributed by atoms with Crippen LogP contribution in [0.25, 0.3) is 0 Å². The second-order valence-electron chi connectivity index (χ2n) is 6.08. The van der Waals surface area contributed by atoms with E-state index in [0.29, 0.717) is 6.61 Å². The van der Waals surface area contributed by atoms with Crippen LogP contribution in [0.3, 0.4) is 0 Å². The number of hydrogen-bond acceptors (Lipinski definition) is 6. The van der Waals surface area contributed by atoms with Crippen molar-refractivity contribution < 1.29 is 29.2 Å². The van der Waals surface area contributed by atoms with E-state index in [1.807, 2.05) is 30.3 Å². The van der Waals surface area contributed by atoms with Crippen molar-refractivity contribution in [2.45, 2.75) is 56.9 Å². The number of benzene rings is 1. The first kappa shape index (κ1) is 15.9. The van der Waals surface area contributed by atoms with Gasteiger partial charge in [0.05, 0.1) is 13.2 Å². The van der Waals surface area contributed by atoms with Gasteiger partial charge in [-0.2, -0.15) is 0 Å². The summed E-state index contributed by atoms with van der Waals surface area (Å²) in [6, 6.07) is 9.73. The van der Waals surface area contributed by atoms with Crippen LogP contribution in [-0.2, 0) is 25.6 Å². The minimum Gasteiger partial charge on any atom is -0.394 e. The summed E-state index contributed by atoms with van der Waals surface area (Å²) in [5, 5.41) is 19.1. The number of ether oxygens (including phenoxy) is 4. The Morgan fingerprint density at radius 2 is 1.95 bits per heavy atom. The molecule has 2 saturated heterocycles. The van der Waals surface area contributed by atoms with Crippen LogP contribution in [0.2, 0.25) is 0 Å². The lowest BCUT2D eigenvalue weighted by molar-refractivity contribution is -0.232. The molecule has 0 aliphatic carbocycles. The maximum atomic E-state index is 9.94. The average molecular weight is 310 g/mol. The second kappa shape index (κ2) is 6.23. The van der Waals surface area contributed by atoms with Crippen LogP contribution in [-0.4, -0.2) is 53.3 Å². The number of hydrogen-bond donors (Lipinski definition) is 2. The molecule has 0 aromatic heterocycles. The Labute approximate surface area is 129 Å². The Morgan fingerprint density at radius 3 is 2.64 bits per heavy atom. The van der Waals surface area contributed by atoms with E-state index in [2.05, 4.69) is 0 Å². The summed E-state index contributed by atoms with van der Waals surface area (Å²) in [7, 11) is 0. The molecule has 0 spiro atoms. The number of aliphatic hydroxyl groups is 2. The Bertz CT molecular complexity index is 491. The van der Waals surface area contributed by atoms with Gasteiger partial charge in [-0.1, -0.05) is 30.3 Å². The lowest BCUT2D eigenvalue weighted by Crippen LogP contribution is -2.44. The summed E-state index contributed by atoms with van der Waals surface area (Å²) in [5.41, 5.74) is 1.02. The van der Waals surface area contributed by atoms with Crippen LogP contribution in [0.1, 0.15) is 19.4 Å². The number of aliphatic hydroxyl groups excluding tert-OH is 2. The molecule has 0 bridgehead atoms. The SMILES string of the molecule is CC1(C)O[C@@H]2O[C@@H]([C@@H](O)CO)[C@H](OCc3ccccc3)[C@@H]2O1. The van der Waals surface area contributed by atoms with Gasteiger partial charge in [-0.05, 0) is 19.4 Å². The van der Waals surface area contributed by atoms with Crippen LogP contribution >= 0.6 is 0 Å². The van der Waals surface area contributed by atoms with Crippen LogP contribution in [0.5, 0.6) is 0 Å². The smallest absolute Gasteiger partial charge is 0.190 e. The Kier molecular flexibility index (Phi) is 4.49. The molecule has 2 fully saturated rings. The van der Waals surface area contributed by atoms with Crippen molar-refractivity contribution >= 4 is 0 Å². The van der Waals surface area contributed by atoms with Crippen LogP contribution in [0, 0.1) is 0 Å². The minimum atomic E-state index is -1.04. The van der Waals surface area contributed by atoms with E-state index >= 15 is 0 Å². The van der Waals surface area contributed by atoms with E-state index in [4.69, 9.17) is 18.9 Å². The van der Waals surface area contributed by atoms with E-state index in [-0.39, 0.29) is 0 Å². The molecule has 0 unspecified atom stereocenters. The van der Waals surface area contributed by atoms with E-state index < -0.39 is 43.1 Å². The molecule has 2 heterocycles. The van der Waals surface area contributed by atoms with Crippen molar-refractivity contribution in [1.82, 2.24) is 0 Å². The molecule has 1 aromatic rings. The third kappa shape index (κ3) is 3.17. The zero-order valence-corrected chi connectivity index (χ0v) is 12.7. The summed E-state index contributed by atoms with van der Waals surface area (Å²) in [5.74, 6) is -0.751. The van der Waals surface area contributed by atoms with Gasteiger partial charge in [0, 0.05) is 0 Å². The minimum absolute atomic E-state index is 0.372. The molecule has 0 saturated carbocycles. The van der Waals surface area contributed by atoms with Gasteiger partial charge in [0.2, 0.25) is 0 Å². The van der Waals surface area contributed by atoms with Gasteiger partial charge < -0.3 is 29.2 Å². The fourth-order valence-corrected chi connectivity index (χ4v) is 2.87. The van der Waals surface area contributed by atoms with E-state index in [1.165, 1.54) is 0 Å². The average Bonchev–Trinajstić information content (AvgIpc) is 2.97. The molecule has 2 aliphatic heterocycles. The Balaban J connectivity index is 1.71. The molecule has 122 valence electrons. The summed E-state index contributed by atoms with van der Waals surface area (Å²) >= 11 is 0. The molecule has 0 amide bonds. The third-order valence-corrected chi connectivity index (χ3v) is 3.88. The topological polar surface area (TPSA) is 77.4 Å². The molecular weight excluding hydrogens is 288 g/mol. The molecule has 6 heteroatoms. The maximum absolute atomic E-state index is 9.94. The van der Waals surface area contributed by atoms with E-state index in [0.717, 1.165) is 5.56 Å². The molecule has 3 rings (SSSR count). The maximum Gasteiger partial charge on any atom is 0.190 e. The van der Waals surface area contributed by atoms with E-state index in [9.17, 15) is 10.2 Å². The quantitative estimate of drug-likeness (QED) is 0.838. The van der Waals surface area contributed by atoms with Crippen molar-refractivity contribution in [3.8, 4) is 0 Å². The fourth-order valence-electron chi connectivity index (χ4n) is 2.87. The predicted molar refractivity (Wildman–Crippen MR) is 76.8 cm³/mol. The van der Waals surface area contributed by atoms with Crippen LogP contribution in [0.15, 0.2) is 30.3 Å². The summed E-state index contributed by atoms with van der Waals surface area (Å²) < 4.78 is 23.1. The highest BCUT2D eigenvalue weighted by molar-refractivity contribution is 5.13. The van der Waals surface area contributed by atoms with Crippen molar-refractivity contribution in [2.75, 3.05) is 6.61 Å². The first-order chi connectivity index (χ1) is 10.5. The van der Waals surface area contributed by atoms with Gasteiger partial charge in [-0.3, -0.25) is 0 Å². The summed E-state index contributed by atoms with van der Waals surface area (Å²) in [6.07, 6.45) is -3.25. The van der Waals surface area contributed by atoms with Crippen LogP contribution in [0.4, 0.5) is 0 Å². The van der Waals surface area contributed by atoms with Crippen molar-refractivity contribution in [3.05, 3.63) is 35.9 Å². The molecule has 2 N–H and O–H groups in total. The lowest BCUT2D eigenvalue weighted by Gasteiger charge is -2.28. The van der Waals surface area contributed by atoms with Crippen LogP contribution < -0.4 is 0 Å². The van der Waals surface area contributed by atoms with Gasteiger partial charge in [0.1, 0.15) is 24.4 Å². The first-order valence-electron chi connectivity index (χ1n) is 7.46. The normalized spacial score (nSPS) is 34.5. The van der Waals surface area contributed by atoms with Crippen molar-refractivity contribution in [1.29, 1.82) is 0 Å². The number of fused-ring (bicyclic) bond motifs is 1. The Morgan fingerprint density at radius 1 is 1.23 bits per heavy atom. The van der Waals surface area contributed by atoms with Gasteiger partial charge in [-0.15, -0.1) is 0 Å². The molecule has 5 atom stereocenters. The highest BCUT2D eigenvalue weighted by Gasteiger charge is 2.56. The fraction of sp³-hybridized carbons (Fsp3) is 0.625. The van der Waals surface area contributed by atoms with Gasteiger partial charge in [0.15, 0.2) is 12.1 Å². The molecule has 6 nitrogen and oxygen atoms in total. The van der Waals surface area contributed by atoms with Gasteiger partial charge in [0.25, 0.3) is 0 Å². The largest absolute Gasteiger partial charge is 0.394 e. The Hall–Kier alpha value is -1.02. The van der Waals surface area contributed by atoms with Crippen molar-refractivity contribution in [2.24, 2.45) is 0 Å². The zero-order chi connectivity index (χ0) is 15.7. The monoisotopic (exact) mass is 310 g/mol. The summed E-state index contributed by atoms with van der Waals surface area (Å²) in [4.78, 5) is 0. The van der Waals surface area contributed by atoms with Crippen molar-refractivity contribution in [3.63, 3.8) is 0 Å². The third-order valence-electron chi connectivity index (χ3n) is 3.88. The van der Waals surface area contributed by atoms with E-state index in [1.54, 1.807) is 13.8 Å². The standard InChI is InChI=1S/C16H22O6/c1-16(2)21-14-13(19-9-10-6-4-3-5-7-10)12(11(18)8-17)20-15(14)22-16/h3-7,11-15,17-18H,8-9H2,1-2H3/t11-,12-,13-,14-,15-/m0/s1. The summed E-state index contributed by atoms with van der Waals surface area (Å²) in [6.45, 7) is 3.58. The van der Waals surface area contributed by atoms with Gasteiger partial charge >= 0.3 is 0 Å². The van der Waals surface area contributed by atoms with Gasteiger partial charge in [-0.25, -0.2) is 0 Å². The highest BCUT2D eigenvalue weighted by Crippen LogP contribution is 2.39. The molecule has 0 radical (unpaired) electrons. The molecular formula is C16H22O6. The highest BCUT2D eigenvalue weighted by atomic mass is 16.8. The first-order valence-corrected chi connectivity index (χ1v) is 7.46. The molecule has 2 aliphatic rings. The molecule has 22 heavy (non-hydrogen) atoms.